The van der Waals surface area contributed by atoms with Crippen LogP contribution in [-0.4, -0.2) is 11.5 Å². The SMILES string of the molecule is CC(C)(C)ONC(=O)c1cc2ccccc2o1. The highest BCUT2D eigenvalue weighted by Crippen LogP contribution is 2.18. The van der Waals surface area contributed by atoms with Crippen LogP contribution in [0, 0.1) is 0 Å². The zero-order valence-electron chi connectivity index (χ0n) is 10.1. The predicted octanol–water partition coefficient (Wildman–Crippen LogP) is 2.89. The largest absolute Gasteiger partial charge is 0.451 e. The van der Waals surface area contributed by atoms with E-state index >= 15 is 0 Å². The number of rotatable bonds is 2. The summed E-state index contributed by atoms with van der Waals surface area (Å²) < 4.78 is 5.40. The van der Waals surface area contributed by atoms with Gasteiger partial charge in [-0.05, 0) is 32.9 Å². The number of hydrogen-bond donors (Lipinski definition) is 1. The van der Waals surface area contributed by atoms with Crippen LogP contribution in [0.3, 0.4) is 0 Å². The molecule has 1 amide bonds. The van der Waals surface area contributed by atoms with Crippen molar-refractivity contribution in [3.05, 3.63) is 36.1 Å². The van der Waals surface area contributed by atoms with Gasteiger partial charge in [0.25, 0.3) is 0 Å². The van der Waals surface area contributed by atoms with Gasteiger partial charge in [-0.1, -0.05) is 18.2 Å². The van der Waals surface area contributed by atoms with Crippen LogP contribution in [0.5, 0.6) is 0 Å². The molecule has 0 aliphatic rings. The van der Waals surface area contributed by atoms with Gasteiger partial charge in [-0.2, -0.15) is 0 Å². The molecule has 1 aromatic carbocycles. The molecule has 17 heavy (non-hydrogen) atoms. The number of para-hydroxylation sites is 1. The molecule has 0 spiro atoms. The Bertz CT molecular complexity index is 504. The maximum Gasteiger partial charge on any atom is 0.310 e. The van der Waals surface area contributed by atoms with Crippen LogP contribution in [0.1, 0.15) is 31.3 Å². The van der Waals surface area contributed by atoms with E-state index < -0.39 is 5.60 Å². The Morgan fingerprint density at radius 1 is 1.29 bits per heavy atom. The van der Waals surface area contributed by atoms with Crippen LogP contribution in [0.25, 0.3) is 11.0 Å². The first-order valence-electron chi connectivity index (χ1n) is 5.43. The van der Waals surface area contributed by atoms with Gasteiger partial charge in [-0.25, -0.2) is 5.48 Å². The summed E-state index contributed by atoms with van der Waals surface area (Å²) >= 11 is 0. The van der Waals surface area contributed by atoms with Crippen LogP contribution >= 0.6 is 0 Å². The van der Waals surface area contributed by atoms with Gasteiger partial charge in [0.15, 0.2) is 5.76 Å². The molecule has 4 nitrogen and oxygen atoms in total. The number of hydrogen-bond acceptors (Lipinski definition) is 3. The lowest BCUT2D eigenvalue weighted by atomic mass is 10.2. The molecule has 0 aliphatic heterocycles. The van der Waals surface area contributed by atoms with Gasteiger partial charge >= 0.3 is 5.91 Å². The molecule has 2 rings (SSSR count). The van der Waals surface area contributed by atoms with Gasteiger partial charge in [0, 0.05) is 5.39 Å². The number of fused-ring (bicyclic) bond motifs is 1. The van der Waals surface area contributed by atoms with E-state index in [2.05, 4.69) is 5.48 Å². The van der Waals surface area contributed by atoms with E-state index in [1.54, 1.807) is 6.07 Å². The standard InChI is InChI=1S/C13H15NO3/c1-13(2,3)17-14-12(15)11-8-9-6-4-5-7-10(9)16-11/h4-8H,1-3H3,(H,14,15). The number of furan rings is 1. The first-order chi connectivity index (χ1) is 7.96. The molecule has 1 N–H and O–H groups in total. The van der Waals surface area contributed by atoms with Crippen molar-refractivity contribution in [2.24, 2.45) is 0 Å². The van der Waals surface area contributed by atoms with E-state index in [1.807, 2.05) is 45.0 Å². The number of benzene rings is 1. The summed E-state index contributed by atoms with van der Waals surface area (Å²) in [5, 5.41) is 0.897. The van der Waals surface area contributed by atoms with E-state index in [9.17, 15) is 4.79 Å². The summed E-state index contributed by atoms with van der Waals surface area (Å²) in [4.78, 5) is 16.9. The Morgan fingerprint density at radius 3 is 2.65 bits per heavy atom. The van der Waals surface area contributed by atoms with Gasteiger partial charge in [0.2, 0.25) is 0 Å². The second-order valence-electron chi connectivity index (χ2n) is 4.79. The smallest absolute Gasteiger partial charge is 0.310 e. The molecule has 0 aliphatic carbocycles. The van der Waals surface area contributed by atoms with Gasteiger partial charge in [-0.15, -0.1) is 0 Å². The van der Waals surface area contributed by atoms with E-state index in [4.69, 9.17) is 9.25 Å². The Hall–Kier alpha value is -1.81. The monoisotopic (exact) mass is 233 g/mol. The van der Waals surface area contributed by atoms with Crippen molar-refractivity contribution >= 4 is 16.9 Å². The molecule has 1 aromatic heterocycles. The third-order valence-electron chi connectivity index (χ3n) is 2.10. The van der Waals surface area contributed by atoms with Crippen molar-refractivity contribution < 1.29 is 14.0 Å². The lowest BCUT2D eigenvalue weighted by Gasteiger charge is -2.18. The Labute approximate surface area is 99.5 Å². The Kier molecular flexibility index (Phi) is 2.90. The molecule has 1 heterocycles. The molecule has 0 saturated heterocycles. The Morgan fingerprint density at radius 2 is 2.00 bits per heavy atom. The molecule has 0 radical (unpaired) electrons. The van der Waals surface area contributed by atoms with Crippen molar-refractivity contribution in [2.45, 2.75) is 26.4 Å². The van der Waals surface area contributed by atoms with Crippen molar-refractivity contribution in [1.29, 1.82) is 0 Å². The molecule has 4 heteroatoms. The van der Waals surface area contributed by atoms with E-state index in [0.717, 1.165) is 5.39 Å². The highest BCUT2D eigenvalue weighted by Gasteiger charge is 2.16. The number of hydroxylamine groups is 1. The summed E-state index contributed by atoms with van der Waals surface area (Å²) in [5.41, 5.74) is 2.63. The minimum Gasteiger partial charge on any atom is -0.451 e. The average Bonchev–Trinajstić information content (AvgIpc) is 2.68. The summed E-state index contributed by atoms with van der Waals surface area (Å²) in [6, 6.07) is 9.15. The fourth-order valence-corrected chi connectivity index (χ4v) is 1.34. The molecule has 0 bridgehead atoms. The summed E-state index contributed by atoms with van der Waals surface area (Å²) in [7, 11) is 0. The molecule has 0 fully saturated rings. The average molecular weight is 233 g/mol. The van der Waals surface area contributed by atoms with Crippen molar-refractivity contribution in [3.63, 3.8) is 0 Å². The summed E-state index contributed by atoms with van der Waals surface area (Å²) in [6.45, 7) is 5.56. The van der Waals surface area contributed by atoms with Gasteiger partial charge in [0.05, 0.1) is 5.60 Å². The maximum atomic E-state index is 11.7. The lowest BCUT2D eigenvalue weighted by molar-refractivity contribution is -0.0598. The molecule has 0 atom stereocenters. The zero-order valence-corrected chi connectivity index (χ0v) is 10.1. The first-order valence-corrected chi connectivity index (χ1v) is 5.43. The number of nitrogens with one attached hydrogen (secondary N) is 1. The highest BCUT2D eigenvalue weighted by molar-refractivity contribution is 5.95. The van der Waals surface area contributed by atoms with Crippen LogP contribution in [0.4, 0.5) is 0 Å². The van der Waals surface area contributed by atoms with Crippen molar-refractivity contribution in [2.75, 3.05) is 0 Å². The van der Waals surface area contributed by atoms with Gasteiger partial charge < -0.3 is 4.42 Å². The summed E-state index contributed by atoms with van der Waals surface area (Å²) in [5.74, 6) is -0.133. The van der Waals surface area contributed by atoms with E-state index in [0.29, 0.717) is 5.58 Å². The molecule has 0 saturated carbocycles. The minimum atomic E-state index is -0.429. The normalized spacial score (nSPS) is 11.7. The molecule has 90 valence electrons. The molecular formula is C13H15NO3. The van der Waals surface area contributed by atoms with Crippen LogP contribution in [0.15, 0.2) is 34.7 Å². The molecule has 0 unspecified atom stereocenters. The number of carbonyl (C=O) groups excluding carboxylic acids is 1. The predicted molar refractivity (Wildman–Crippen MR) is 64.5 cm³/mol. The minimum absolute atomic E-state index is 0.246. The fourth-order valence-electron chi connectivity index (χ4n) is 1.34. The fraction of sp³-hybridized carbons (Fsp3) is 0.308. The van der Waals surface area contributed by atoms with Gasteiger partial charge in [-0.3, -0.25) is 9.63 Å². The molecule has 2 aromatic rings. The first kappa shape index (κ1) is 11.7. The quantitative estimate of drug-likeness (QED) is 0.811. The Balaban J connectivity index is 2.14. The van der Waals surface area contributed by atoms with Gasteiger partial charge in [0.1, 0.15) is 5.58 Å². The maximum absolute atomic E-state index is 11.7. The second-order valence-corrected chi connectivity index (χ2v) is 4.79. The van der Waals surface area contributed by atoms with Crippen molar-refractivity contribution in [3.8, 4) is 0 Å². The highest BCUT2D eigenvalue weighted by atomic mass is 16.7. The number of carbonyl (C=O) groups is 1. The topological polar surface area (TPSA) is 51.5 Å². The molecular weight excluding hydrogens is 218 g/mol. The third-order valence-corrected chi connectivity index (χ3v) is 2.10. The zero-order chi connectivity index (χ0) is 12.5. The number of amides is 1. The van der Waals surface area contributed by atoms with Crippen LogP contribution < -0.4 is 5.48 Å². The third kappa shape index (κ3) is 2.85. The van der Waals surface area contributed by atoms with Crippen LogP contribution in [-0.2, 0) is 4.84 Å². The lowest BCUT2D eigenvalue weighted by Crippen LogP contribution is -2.33. The van der Waals surface area contributed by atoms with Crippen LogP contribution in [0.2, 0.25) is 0 Å². The second kappa shape index (κ2) is 4.22. The van der Waals surface area contributed by atoms with E-state index in [1.165, 1.54) is 0 Å². The summed E-state index contributed by atoms with van der Waals surface area (Å²) in [6.07, 6.45) is 0. The van der Waals surface area contributed by atoms with E-state index in [-0.39, 0.29) is 11.7 Å². The van der Waals surface area contributed by atoms with Crippen molar-refractivity contribution in [1.82, 2.24) is 5.48 Å².